The molecule has 0 heterocycles. The summed E-state index contributed by atoms with van der Waals surface area (Å²) in [5.74, 6) is 0.827. The fourth-order valence-electron chi connectivity index (χ4n) is 2.16. The molecule has 16 heavy (non-hydrogen) atoms. The Balaban J connectivity index is 1.67. The number of ether oxygens (including phenoxy) is 1. The lowest BCUT2D eigenvalue weighted by molar-refractivity contribution is -0.0391. The summed E-state index contributed by atoms with van der Waals surface area (Å²) in [5, 5.41) is 3.21. The summed E-state index contributed by atoms with van der Waals surface area (Å²) in [5.41, 5.74) is 2.59. The van der Waals surface area contributed by atoms with Gasteiger partial charge in [-0.05, 0) is 44.8 Å². The summed E-state index contributed by atoms with van der Waals surface area (Å²) in [7, 11) is 2.01. The molecule has 0 aromatic heterocycles. The third-order valence-electron chi connectivity index (χ3n) is 3.29. The molecule has 2 nitrogen and oxygen atoms in total. The van der Waals surface area contributed by atoms with E-state index in [1.54, 1.807) is 0 Å². The van der Waals surface area contributed by atoms with Gasteiger partial charge in [-0.15, -0.1) is 0 Å². The highest BCUT2D eigenvalue weighted by atomic mass is 16.5. The van der Waals surface area contributed by atoms with Gasteiger partial charge < -0.3 is 10.1 Å². The first kappa shape index (κ1) is 11.6. The van der Waals surface area contributed by atoms with Gasteiger partial charge in [-0.25, -0.2) is 0 Å². The van der Waals surface area contributed by atoms with Crippen molar-refractivity contribution >= 4 is 0 Å². The Morgan fingerprint density at radius 3 is 2.56 bits per heavy atom. The summed E-state index contributed by atoms with van der Waals surface area (Å²) in [6.45, 7) is 4.00. The molecule has 2 heteroatoms. The Morgan fingerprint density at radius 2 is 1.94 bits per heavy atom. The van der Waals surface area contributed by atoms with Gasteiger partial charge in [0.25, 0.3) is 0 Å². The maximum absolute atomic E-state index is 5.85. The SMILES string of the molecule is CNCC1CC(OCc2ccc(C)cc2)C1. The molecule has 0 bridgehead atoms. The maximum atomic E-state index is 5.85. The number of benzene rings is 1. The van der Waals surface area contributed by atoms with Crippen molar-refractivity contribution in [3.63, 3.8) is 0 Å². The van der Waals surface area contributed by atoms with Crippen LogP contribution in [0, 0.1) is 12.8 Å². The van der Waals surface area contributed by atoms with Crippen molar-refractivity contribution in [2.75, 3.05) is 13.6 Å². The number of aryl methyl sites for hydroxylation is 1. The summed E-state index contributed by atoms with van der Waals surface area (Å²) in [4.78, 5) is 0. The van der Waals surface area contributed by atoms with E-state index in [1.807, 2.05) is 7.05 Å². The van der Waals surface area contributed by atoms with Crippen molar-refractivity contribution in [3.8, 4) is 0 Å². The average Bonchev–Trinajstić information content (AvgIpc) is 2.24. The second kappa shape index (κ2) is 5.46. The van der Waals surface area contributed by atoms with Gasteiger partial charge in [-0.1, -0.05) is 29.8 Å². The molecule has 1 fully saturated rings. The molecular formula is C14H21NO. The van der Waals surface area contributed by atoms with Crippen LogP contribution in [0.3, 0.4) is 0 Å². The number of nitrogens with one attached hydrogen (secondary N) is 1. The molecule has 1 aromatic rings. The predicted octanol–water partition coefficient (Wildman–Crippen LogP) is 2.51. The van der Waals surface area contributed by atoms with E-state index in [9.17, 15) is 0 Å². The zero-order valence-electron chi connectivity index (χ0n) is 10.2. The van der Waals surface area contributed by atoms with Gasteiger partial charge in [0.1, 0.15) is 0 Å². The van der Waals surface area contributed by atoms with Crippen LogP contribution in [0.25, 0.3) is 0 Å². The van der Waals surface area contributed by atoms with Crippen molar-refractivity contribution in [3.05, 3.63) is 35.4 Å². The van der Waals surface area contributed by atoms with Gasteiger partial charge in [0, 0.05) is 0 Å². The lowest BCUT2D eigenvalue weighted by Crippen LogP contribution is -2.36. The molecule has 0 unspecified atom stereocenters. The molecule has 0 spiro atoms. The molecule has 88 valence electrons. The van der Waals surface area contributed by atoms with E-state index in [-0.39, 0.29) is 0 Å². The van der Waals surface area contributed by atoms with Crippen molar-refractivity contribution in [1.29, 1.82) is 0 Å². The first-order valence-corrected chi connectivity index (χ1v) is 6.09. The lowest BCUT2D eigenvalue weighted by Gasteiger charge is -2.35. The minimum Gasteiger partial charge on any atom is -0.374 e. The molecule has 1 aromatic carbocycles. The quantitative estimate of drug-likeness (QED) is 0.821. The molecule has 0 atom stereocenters. The van der Waals surface area contributed by atoms with E-state index in [1.165, 1.54) is 24.0 Å². The van der Waals surface area contributed by atoms with Gasteiger partial charge in [0.05, 0.1) is 12.7 Å². The van der Waals surface area contributed by atoms with Crippen molar-refractivity contribution in [2.24, 2.45) is 5.92 Å². The van der Waals surface area contributed by atoms with Crippen LogP contribution in [0.4, 0.5) is 0 Å². The topological polar surface area (TPSA) is 21.3 Å². The highest BCUT2D eigenvalue weighted by molar-refractivity contribution is 5.20. The highest BCUT2D eigenvalue weighted by Gasteiger charge is 2.28. The molecule has 2 rings (SSSR count). The number of rotatable bonds is 5. The summed E-state index contributed by atoms with van der Waals surface area (Å²) < 4.78 is 5.85. The third kappa shape index (κ3) is 3.06. The summed E-state index contributed by atoms with van der Waals surface area (Å²) in [6, 6.07) is 8.59. The predicted molar refractivity (Wildman–Crippen MR) is 66.4 cm³/mol. The van der Waals surface area contributed by atoms with Crippen LogP contribution in [0.5, 0.6) is 0 Å². The molecule has 0 aliphatic heterocycles. The van der Waals surface area contributed by atoms with Gasteiger partial charge in [-0.2, -0.15) is 0 Å². The first-order chi connectivity index (χ1) is 7.78. The Hall–Kier alpha value is -0.860. The third-order valence-corrected chi connectivity index (χ3v) is 3.29. The Bertz CT molecular complexity index is 314. The molecule has 1 N–H and O–H groups in total. The van der Waals surface area contributed by atoms with Crippen LogP contribution >= 0.6 is 0 Å². The van der Waals surface area contributed by atoms with E-state index in [4.69, 9.17) is 4.74 Å². The van der Waals surface area contributed by atoms with Gasteiger partial charge >= 0.3 is 0 Å². The molecule has 0 amide bonds. The minimum atomic E-state index is 0.486. The zero-order chi connectivity index (χ0) is 11.4. The van der Waals surface area contributed by atoms with Crippen LogP contribution in [0.2, 0.25) is 0 Å². The normalized spacial score (nSPS) is 24.1. The lowest BCUT2D eigenvalue weighted by atomic mass is 9.82. The molecule has 0 saturated heterocycles. The van der Waals surface area contributed by atoms with Crippen LogP contribution in [-0.2, 0) is 11.3 Å². The van der Waals surface area contributed by atoms with E-state index >= 15 is 0 Å². The fourth-order valence-corrected chi connectivity index (χ4v) is 2.16. The van der Waals surface area contributed by atoms with Crippen LogP contribution in [0.15, 0.2) is 24.3 Å². The Morgan fingerprint density at radius 1 is 1.25 bits per heavy atom. The molecule has 1 saturated carbocycles. The summed E-state index contributed by atoms with van der Waals surface area (Å²) >= 11 is 0. The van der Waals surface area contributed by atoms with Crippen molar-refractivity contribution < 1.29 is 4.74 Å². The molecule has 0 radical (unpaired) electrons. The fraction of sp³-hybridized carbons (Fsp3) is 0.571. The van der Waals surface area contributed by atoms with E-state index in [0.717, 1.165) is 19.1 Å². The van der Waals surface area contributed by atoms with Crippen molar-refractivity contribution in [1.82, 2.24) is 5.32 Å². The zero-order valence-corrected chi connectivity index (χ0v) is 10.2. The van der Waals surface area contributed by atoms with Crippen molar-refractivity contribution in [2.45, 2.75) is 32.5 Å². The number of hydrogen-bond acceptors (Lipinski definition) is 2. The van der Waals surface area contributed by atoms with Gasteiger partial charge in [-0.3, -0.25) is 0 Å². The standard InChI is InChI=1S/C14H21NO/c1-11-3-5-12(6-4-11)10-16-14-7-13(8-14)9-15-2/h3-6,13-15H,7-10H2,1-2H3. The van der Waals surface area contributed by atoms with Crippen LogP contribution < -0.4 is 5.32 Å². The van der Waals surface area contributed by atoms with E-state index in [0.29, 0.717) is 6.10 Å². The minimum absolute atomic E-state index is 0.486. The van der Waals surface area contributed by atoms with Crippen LogP contribution in [0.1, 0.15) is 24.0 Å². The van der Waals surface area contributed by atoms with E-state index < -0.39 is 0 Å². The average molecular weight is 219 g/mol. The second-order valence-electron chi connectivity index (χ2n) is 4.81. The highest BCUT2D eigenvalue weighted by Crippen LogP contribution is 2.30. The molecule has 1 aliphatic carbocycles. The summed E-state index contributed by atoms with van der Waals surface area (Å²) in [6.07, 6.45) is 2.92. The second-order valence-corrected chi connectivity index (χ2v) is 4.81. The molecular weight excluding hydrogens is 198 g/mol. The van der Waals surface area contributed by atoms with Gasteiger partial charge in [0.15, 0.2) is 0 Å². The molecule has 1 aliphatic rings. The Labute approximate surface area is 98.0 Å². The largest absolute Gasteiger partial charge is 0.374 e. The van der Waals surface area contributed by atoms with E-state index in [2.05, 4.69) is 36.5 Å². The maximum Gasteiger partial charge on any atom is 0.0720 e. The van der Waals surface area contributed by atoms with Gasteiger partial charge in [0.2, 0.25) is 0 Å². The monoisotopic (exact) mass is 219 g/mol. The Kier molecular flexibility index (Phi) is 3.97. The number of hydrogen-bond donors (Lipinski definition) is 1. The van der Waals surface area contributed by atoms with Crippen LogP contribution in [-0.4, -0.2) is 19.7 Å². The first-order valence-electron chi connectivity index (χ1n) is 6.09. The smallest absolute Gasteiger partial charge is 0.0720 e.